The molecule has 0 radical (unpaired) electrons. The number of rotatable bonds is 2. The standard InChI is InChI=1S/C11H9Cl2N3OS/c1-5-2-3-6(12)8(13)9(5)16-10(17)7-4-15-11(14)18-7/h2-4H,1H3,(H2,14,15)(H,16,17). The Labute approximate surface area is 118 Å². The summed E-state index contributed by atoms with van der Waals surface area (Å²) in [6.45, 7) is 1.83. The molecule has 2 rings (SSSR count). The third-order valence-corrected chi connectivity index (χ3v) is 3.92. The summed E-state index contributed by atoms with van der Waals surface area (Å²) < 4.78 is 0. The fraction of sp³-hybridized carbons (Fsp3) is 0.0909. The molecule has 0 aliphatic heterocycles. The molecule has 0 aliphatic rings. The van der Waals surface area contributed by atoms with Crippen molar-refractivity contribution in [2.45, 2.75) is 6.92 Å². The SMILES string of the molecule is Cc1ccc(Cl)c(Cl)c1NC(=O)c1cnc(N)s1. The largest absolute Gasteiger partial charge is 0.375 e. The molecule has 0 unspecified atom stereocenters. The lowest BCUT2D eigenvalue weighted by Gasteiger charge is -2.10. The Morgan fingerprint density at radius 2 is 2.17 bits per heavy atom. The van der Waals surface area contributed by atoms with Gasteiger partial charge in [-0.2, -0.15) is 0 Å². The van der Waals surface area contributed by atoms with Gasteiger partial charge in [-0.3, -0.25) is 4.79 Å². The minimum absolute atomic E-state index is 0.309. The van der Waals surface area contributed by atoms with E-state index in [9.17, 15) is 4.79 Å². The molecule has 7 heteroatoms. The van der Waals surface area contributed by atoms with Gasteiger partial charge in [0.2, 0.25) is 0 Å². The number of nitrogens with two attached hydrogens (primary N) is 1. The van der Waals surface area contributed by atoms with Crippen LogP contribution in [0.4, 0.5) is 10.8 Å². The van der Waals surface area contributed by atoms with Gasteiger partial charge in [-0.15, -0.1) is 0 Å². The third-order valence-electron chi connectivity index (χ3n) is 2.29. The van der Waals surface area contributed by atoms with Crippen molar-refractivity contribution in [3.8, 4) is 0 Å². The van der Waals surface area contributed by atoms with Crippen LogP contribution in [0.2, 0.25) is 10.0 Å². The summed E-state index contributed by atoms with van der Waals surface area (Å²) in [6.07, 6.45) is 1.42. The molecule has 1 aromatic carbocycles. The first kappa shape index (κ1) is 13.1. The number of nitrogens with zero attached hydrogens (tertiary/aromatic N) is 1. The van der Waals surface area contributed by atoms with Gasteiger partial charge in [-0.25, -0.2) is 4.98 Å². The predicted molar refractivity (Wildman–Crippen MR) is 75.7 cm³/mol. The topological polar surface area (TPSA) is 68.0 Å². The molecule has 0 aliphatic carbocycles. The summed E-state index contributed by atoms with van der Waals surface area (Å²) in [5.74, 6) is -0.309. The molecule has 0 bridgehead atoms. The zero-order valence-corrected chi connectivity index (χ0v) is 11.7. The molecule has 0 fully saturated rings. The summed E-state index contributed by atoms with van der Waals surface area (Å²) in [5, 5.41) is 3.76. The molecule has 2 aromatic rings. The zero-order valence-electron chi connectivity index (χ0n) is 9.33. The summed E-state index contributed by atoms with van der Waals surface area (Å²) >= 11 is 13.1. The Kier molecular flexibility index (Phi) is 3.75. The summed E-state index contributed by atoms with van der Waals surface area (Å²) in [7, 11) is 0. The maximum Gasteiger partial charge on any atom is 0.267 e. The van der Waals surface area contributed by atoms with Crippen LogP contribution in [0.3, 0.4) is 0 Å². The molecule has 0 saturated heterocycles. The van der Waals surface area contributed by atoms with Gasteiger partial charge in [0.15, 0.2) is 5.13 Å². The second-order valence-electron chi connectivity index (χ2n) is 3.57. The lowest BCUT2D eigenvalue weighted by atomic mass is 10.2. The number of thiazole rings is 1. The van der Waals surface area contributed by atoms with Crippen LogP contribution in [0, 0.1) is 6.92 Å². The smallest absolute Gasteiger partial charge is 0.267 e. The monoisotopic (exact) mass is 301 g/mol. The Hall–Kier alpha value is -1.30. The highest BCUT2D eigenvalue weighted by Crippen LogP contribution is 2.33. The van der Waals surface area contributed by atoms with Crippen LogP contribution < -0.4 is 11.1 Å². The second kappa shape index (κ2) is 5.14. The number of aryl methyl sites for hydroxylation is 1. The van der Waals surface area contributed by atoms with E-state index < -0.39 is 0 Å². The van der Waals surface area contributed by atoms with Gasteiger partial charge in [-0.1, -0.05) is 40.6 Å². The first-order valence-electron chi connectivity index (χ1n) is 4.96. The minimum atomic E-state index is -0.309. The van der Waals surface area contributed by atoms with Crippen LogP contribution in [-0.4, -0.2) is 10.9 Å². The minimum Gasteiger partial charge on any atom is -0.375 e. The number of nitrogens with one attached hydrogen (secondary N) is 1. The maximum atomic E-state index is 11.9. The van der Waals surface area contributed by atoms with E-state index in [1.54, 1.807) is 12.1 Å². The van der Waals surface area contributed by atoms with E-state index in [0.29, 0.717) is 25.7 Å². The molecule has 0 atom stereocenters. The molecule has 0 saturated carbocycles. The summed E-state index contributed by atoms with van der Waals surface area (Å²) in [6, 6.07) is 3.46. The summed E-state index contributed by atoms with van der Waals surface area (Å²) in [5.41, 5.74) is 6.80. The molecule has 18 heavy (non-hydrogen) atoms. The average molecular weight is 302 g/mol. The highest BCUT2D eigenvalue weighted by atomic mass is 35.5. The quantitative estimate of drug-likeness (QED) is 0.890. The van der Waals surface area contributed by atoms with Crippen molar-refractivity contribution in [1.29, 1.82) is 0 Å². The molecule has 94 valence electrons. The number of aromatic nitrogens is 1. The van der Waals surface area contributed by atoms with E-state index in [2.05, 4.69) is 10.3 Å². The normalized spacial score (nSPS) is 10.4. The van der Waals surface area contributed by atoms with Crippen molar-refractivity contribution in [1.82, 2.24) is 4.98 Å². The van der Waals surface area contributed by atoms with Crippen molar-refractivity contribution >= 4 is 51.3 Å². The first-order chi connectivity index (χ1) is 8.49. The van der Waals surface area contributed by atoms with E-state index in [-0.39, 0.29) is 5.91 Å². The molecule has 4 nitrogen and oxygen atoms in total. The van der Waals surface area contributed by atoms with Crippen LogP contribution >= 0.6 is 34.5 Å². The first-order valence-corrected chi connectivity index (χ1v) is 6.53. The molecule has 1 amide bonds. The lowest BCUT2D eigenvalue weighted by Crippen LogP contribution is -2.11. The third kappa shape index (κ3) is 2.58. The molecule has 1 aromatic heterocycles. The van der Waals surface area contributed by atoms with E-state index in [0.717, 1.165) is 16.9 Å². The number of benzene rings is 1. The van der Waals surface area contributed by atoms with Crippen LogP contribution in [0.5, 0.6) is 0 Å². The fourth-order valence-electron chi connectivity index (χ4n) is 1.37. The van der Waals surface area contributed by atoms with Crippen LogP contribution in [0.15, 0.2) is 18.3 Å². The van der Waals surface area contributed by atoms with Gasteiger partial charge in [0, 0.05) is 0 Å². The number of anilines is 2. The Morgan fingerprint density at radius 3 is 2.78 bits per heavy atom. The van der Waals surface area contributed by atoms with E-state index >= 15 is 0 Å². The second-order valence-corrected chi connectivity index (χ2v) is 5.42. The summed E-state index contributed by atoms with van der Waals surface area (Å²) in [4.78, 5) is 16.2. The number of carbonyl (C=O) groups is 1. The number of halogens is 2. The van der Waals surface area contributed by atoms with E-state index in [1.165, 1.54) is 6.20 Å². The maximum absolute atomic E-state index is 11.9. The van der Waals surface area contributed by atoms with Gasteiger partial charge < -0.3 is 11.1 Å². The van der Waals surface area contributed by atoms with Crippen molar-refractivity contribution in [3.63, 3.8) is 0 Å². The van der Waals surface area contributed by atoms with Crippen molar-refractivity contribution in [2.75, 3.05) is 11.1 Å². The molecule has 1 heterocycles. The van der Waals surface area contributed by atoms with Gasteiger partial charge in [-0.05, 0) is 18.6 Å². The fourth-order valence-corrected chi connectivity index (χ4v) is 2.36. The Balaban J connectivity index is 2.30. The van der Waals surface area contributed by atoms with Gasteiger partial charge in [0.05, 0.1) is 21.9 Å². The van der Waals surface area contributed by atoms with Crippen molar-refractivity contribution in [3.05, 3.63) is 38.8 Å². The lowest BCUT2D eigenvalue weighted by molar-refractivity contribution is 0.103. The van der Waals surface area contributed by atoms with Gasteiger partial charge in [0.25, 0.3) is 5.91 Å². The van der Waals surface area contributed by atoms with Gasteiger partial charge >= 0.3 is 0 Å². The molecule has 0 spiro atoms. The Morgan fingerprint density at radius 1 is 1.44 bits per heavy atom. The predicted octanol–water partition coefficient (Wildman–Crippen LogP) is 3.59. The van der Waals surface area contributed by atoms with Crippen LogP contribution in [0.1, 0.15) is 15.2 Å². The van der Waals surface area contributed by atoms with E-state index in [1.807, 2.05) is 6.92 Å². The molecular formula is C11H9Cl2N3OS. The highest BCUT2D eigenvalue weighted by molar-refractivity contribution is 7.17. The van der Waals surface area contributed by atoms with Crippen LogP contribution in [-0.2, 0) is 0 Å². The van der Waals surface area contributed by atoms with Crippen molar-refractivity contribution in [2.24, 2.45) is 0 Å². The highest BCUT2D eigenvalue weighted by Gasteiger charge is 2.14. The van der Waals surface area contributed by atoms with Gasteiger partial charge in [0.1, 0.15) is 4.88 Å². The van der Waals surface area contributed by atoms with Crippen LogP contribution in [0.25, 0.3) is 0 Å². The zero-order chi connectivity index (χ0) is 13.3. The number of hydrogen-bond donors (Lipinski definition) is 2. The number of nitrogen functional groups attached to an aromatic ring is 1. The average Bonchev–Trinajstić information content (AvgIpc) is 2.76. The number of hydrogen-bond acceptors (Lipinski definition) is 4. The molecule has 3 N–H and O–H groups in total. The molecular weight excluding hydrogens is 293 g/mol. The van der Waals surface area contributed by atoms with E-state index in [4.69, 9.17) is 28.9 Å². The number of amides is 1. The Bertz CT molecular complexity index is 612. The number of carbonyl (C=O) groups excluding carboxylic acids is 1. The van der Waals surface area contributed by atoms with Crippen molar-refractivity contribution < 1.29 is 4.79 Å².